The summed E-state index contributed by atoms with van der Waals surface area (Å²) in [6.45, 7) is 10.2. The van der Waals surface area contributed by atoms with Gasteiger partial charge in [0.05, 0.1) is 7.11 Å². The highest BCUT2D eigenvalue weighted by atomic mass is 35.5. The minimum absolute atomic E-state index is 0.0372. The van der Waals surface area contributed by atoms with Gasteiger partial charge in [0.15, 0.2) is 0 Å². The zero-order valence-corrected chi connectivity index (χ0v) is 32.0. The number of methoxy groups -OCH3 is 1. The summed E-state index contributed by atoms with van der Waals surface area (Å²) in [6, 6.07) is 27.8. The number of rotatable bonds is 10. The van der Waals surface area contributed by atoms with Crippen molar-refractivity contribution in [3.8, 4) is 16.9 Å². The summed E-state index contributed by atoms with van der Waals surface area (Å²) in [7, 11) is 1.21. The third-order valence-electron chi connectivity index (χ3n) is 7.83. The topological polar surface area (TPSA) is 134 Å². The van der Waals surface area contributed by atoms with E-state index < -0.39 is 47.1 Å². The smallest absolute Gasteiger partial charge is 0.424 e. The van der Waals surface area contributed by atoms with Crippen LogP contribution in [0.25, 0.3) is 22.1 Å². The fourth-order valence-corrected chi connectivity index (χ4v) is 5.54. The maximum Gasteiger partial charge on any atom is 0.424 e. The molecule has 11 nitrogen and oxygen atoms in total. The summed E-state index contributed by atoms with van der Waals surface area (Å²) in [4.78, 5) is 55.7. The minimum Gasteiger partial charge on any atom is -0.489 e. The summed E-state index contributed by atoms with van der Waals surface area (Å²) >= 11 is 6.11. The zero-order valence-electron chi connectivity index (χ0n) is 31.2. The summed E-state index contributed by atoms with van der Waals surface area (Å²) in [5.41, 5.74) is 1.09. The van der Waals surface area contributed by atoms with Crippen molar-refractivity contribution in [1.82, 2.24) is 5.32 Å². The van der Waals surface area contributed by atoms with Crippen LogP contribution in [0.2, 0.25) is 5.02 Å². The van der Waals surface area contributed by atoms with Gasteiger partial charge in [0.1, 0.15) is 40.9 Å². The number of anilines is 1. The van der Waals surface area contributed by atoms with Gasteiger partial charge in [-0.05, 0) is 100 Å². The molecule has 54 heavy (non-hydrogen) atoms. The summed E-state index contributed by atoms with van der Waals surface area (Å²) in [5, 5.41) is 3.48. The van der Waals surface area contributed by atoms with Crippen LogP contribution in [0.5, 0.6) is 5.75 Å². The highest BCUT2D eigenvalue weighted by molar-refractivity contribution is 6.30. The van der Waals surface area contributed by atoms with Crippen molar-refractivity contribution in [2.45, 2.75) is 71.8 Å². The standard InChI is InChI=1S/C42H43ClN2O9/c1-41(2,3)53-39(48)45(40(49)54-42(4,5)6)35-32-22-17-29(28-15-18-30(43)19-16-28)24-34(32)52-36(35)37(46)44-33(38(47)50-7)23-26-13-20-31(21-14-26)51-25-27-11-9-8-10-12-27/h8-22,24,33H,23,25H2,1-7H3,(H,44,46). The Hall–Kier alpha value is -5.81. The second-order valence-electron chi connectivity index (χ2n) is 14.5. The molecule has 0 saturated carbocycles. The van der Waals surface area contributed by atoms with E-state index in [1.165, 1.54) is 7.11 Å². The first-order chi connectivity index (χ1) is 25.5. The van der Waals surface area contributed by atoms with E-state index in [4.69, 9.17) is 35.0 Å². The number of carbonyl (C=O) groups is 4. The summed E-state index contributed by atoms with van der Waals surface area (Å²) in [5.74, 6) is -1.44. The molecule has 1 heterocycles. The Bertz CT molecular complexity index is 2090. The molecule has 282 valence electrons. The van der Waals surface area contributed by atoms with Crippen molar-refractivity contribution in [2.75, 3.05) is 12.0 Å². The van der Waals surface area contributed by atoms with Gasteiger partial charge in [0, 0.05) is 16.8 Å². The lowest BCUT2D eigenvalue weighted by Gasteiger charge is -2.28. The lowest BCUT2D eigenvalue weighted by Crippen LogP contribution is -2.46. The van der Waals surface area contributed by atoms with Crippen LogP contribution < -0.4 is 15.0 Å². The van der Waals surface area contributed by atoms with Crippen LogP contribution >= 0.6 is 11.6 Å². The molecule has 0 spiro atoms. The number of furan rings is 1. The number of fused-ring (bicyclic) bond motifs is 1. The van der Waals surface area contributed by atoms with Gasteiger partial charge in [-0.15, -0.1) is 0 Å². The van der Waals surface area contributed by atoms with Crippen LogP contribution in [-0.4, -0.2) is 48.4 Å². The molecule has 0 saturated heterocycles. The van der Waals surface area contributed by atoms with Crippen molar-refractivity contribution in [2.24, 2.45) is 0 Å². The second-order valence-corrected chi connectivity index (χ2v) is 14.9. The number of amides is 3. The van der Waals surface area contributed by atoms with Gasteiger partial charge in [-0.25, -0.2) is 14.4 Å². The van der Waals surface area contributed by atoms with Crippen molar-refractivity contribution >= 4 is 52.3 Å². The Labute approximate surface area is 319 Å². The van der Waals surface area contributed by atoms with Crippen LogP contribution in [0.15, 0.2) is 101 Å². The first kappa shape index (κ1) is 39.4. The molecule has 0 radical (unpaired) electrons. The van der Waals surface area contributed by atoms with Crippen LogP contribution in [0, 0.1) is 0 Å². The Morgan fingerprint density at radius 3 is 1.93 bits per heavy atom. The van der Waals surface area contributed by atoms with Gasteiger partial charge < -0.3 is 28.7 Å². The molecule has 1 unspecified atom stereocenters. The monoisotopic (exact) mass is 754 g/mol. The molecule has 0 bridgehead atoms. The number of hydrogen-bond donors (Lipinski definition) is 1. The Kier molecular flexibility index (Phi) is 12.0. The fourth-order valence-electron chi connectivity index (χ4n) is 5.41. The van der Waals surface area contributed by atoms with E-state index >= 15 is 0 Å². The Balaban J connectivity index is 1.53. The number of nitrogens with one attached hydrogen (secondary N) is 1. The molecule has 5 rings (SSSR count). The van der Waals surface area contributed by atoms with E-state index in [1.54, 1.807) is 96.1 Å². The van der Waals surface area contributed by atoms with Crippen molar-refractivity contribution < 1.29 is 42.5 Å². The molecule has 1 aromatic heterocycles. The SMILES string of the molecule is COC(=O)C(Cc1ccc(OCc2ccccc2)cc1)NC(=O)c1oc2cc(-c3ccc(Cl)cc3)ccc2c1N(C(=O)OC(C)(C)C)C(=O)OC(C)(C)C. The average Bonchev–Trinajstić information content (AvgIpc) is 3.48. The third kappa shape index (κ3) is 10.2. The van der Waals surface area contributed by atoms with Gasteiger partial charge in [0.25, 0.3) is 5.91 Å². The predicted molar refractivity (Wildman–Crippen MR) is 206 cm³/mol. The second kappa shape index (κ2) is 16.5. The number of benzene rings is 4. The molecule has 0 fully saturated rings. The highest BCUT2D eigenvalue weighted by Gasteiger charge is 2.39. The average molecular weight is 755 g/mol. The molecule has 1 N–H and O–H groups in total. The fraction of sp³-hybridized carbons (Fsp3) is 0.286. The van der Waals surface area contributed by atoms with Gasteiger partial charge >= 0.3 is 18.2 Å². The van der Waals surface area contributed by atoms with Crippen molar-refractivity contribution in [1.29, 1.82) is 0 Å². The van der Waals surface area contributed by atoms with Gasteiger partial charge in [-0.2, -0.15) is 4.90 Å². The van der Waals surface area contributed by atoms with Gasteiger partial charge in [0.2, 0.25) is 5.76 Å². The predicted octanol–water partition coefficient (Wildman–Crippen LogP) is 9.52. The molecular formula is C42H43ClN2O9. The van der Waals surface area contributed by atoms with E-state index in [1.807, 2.05) is 42.5 Å². The lowest BCUT2D eigenvalue weighted by molar-refractivity contribution is -0.142. The number of carbonyl (C=O) groups excluding carboxylic acids is 4. The minimum atomic E-state index is -1.19. The van der Waals surface area contributed by atoms with Crippen LogP contribution in [0.1, 0.15) is 63.2 Å². The number of hydrogen-bond acceptors (Lipinski definition) is 9. The van der Waals surface area contributed by atoms with E-state index in [-0.39, 0.29) is 23.1 Å². The molecule has 0 aliphatic rings. The maximum absolute atomic E-state index is 14.3. The molecule has 1 atom stereocenters. The quantitative estimate of drug-likeness (QED) is 0.109. The first-order valence-corrected chi connectivity index (χ1v) is 17.6. The zero-order chi connectivity index (χ0) is 39.2. The number of nitrogens with zero attached hydrogens (tertiary/aromatic N) is 1. The lowest BCUT2D eigenvalue weighted by atomic mass is 10.0. The maximum atomic E-state index is 14.3. The van der Waals surface area contributed by atoms with E-state index in [0.717, 1.165) is 11.1 Å². The molecule has 3 amide bonds. The highest BCUT2D eigenvalue weighted by Crippen LogP contribution is 2.38. The molecule has 0 aliphatic heterocycles. The summed E-state index contributed by atoms with van der Waals surface area (Å²) in [6.07, 6.45) is -2.17. The van der Waals surface area contributed by atoms with Crippen LogP contribution in [0.4, 0.5) is 15.3 Å². The molecule has 4 aromatic carbocycles. The summed E-state index contributed by atoms with van der Waals surface area (Å²) < 4.78 is 28.4. The van der Waals surface area contributed by atoms with E-state index in [0.29, 0.717) is 33.4 Å². The molecule has 5 aromatic rings. The van der Waals surface area contributed by atoms with E-state index in [9.17, 15) is 19.2 Å². The number of esters is 1. The number of imide groups is 1. The van der Waals surface area contributed by atoms with Gasteiger partial charge in [-0.3, -0.25) is 4.79 Å². The first-order valence-electron chi connectivity index (χ1n) is 17.2. The van der Waals surface area contributed by atoms with Crippen LogP contribution in [-0.2, 0) is 32.0 Å². The largest absolute Gasteiger partial charge is 0.489 e. The molecule has 0 aliphatic carbocycles. The van der Waals surface area contributed by atoms with Crippen molar-refractivity contribution in [3.05, 3.63) is 119 Å². The molecule has 12 heteroatoms. The Morgan fingerprint density at radius 2 is 1.35 bits per heavy atom. The van der Waals surface area contributed by atoms with Crippen molar-refractivity contribution in [3.63, 3.8) is 0 Å². The Morgan fingerprint density at radius 1 is 0.759 bits per heavy atom. The van der Waals surface area contributed by atoms with Crippen LogP contribution in [0.3, 0.4) is 0 Å². The molecular weight excluding hydrogens is 712 g/mol. The van der Waals surface area contributed by atoms with E-state index in [2.05, 4.69) is 5.32 Å². The normalized spacial score (nSPS) is 12.1. The third-order valence-corrected chi connectivity index (χ3v) is 8.08. The number of ether oxygens (including phenoxy) is 4. The number of halogens is 1. The van der Waals surface area contributed by atoms with Gasteiger partial charge in [-0.1, -0.05) is 72.3 Å².